The van der Waals surface area contributed by atoms with E-state index in [0.717, 1.165) is 25.1 Å². The Morgan fingerprint density at radius 2 is 1.08 bits per heavy atom. The first-order valence-corrected chi connectivity index (χ1v) is 9.43. The summed E-state index contributed by atoms with van der Waals surface area (Å²) in [6.07, 6.45) is -13.1. The maximum Gasteiger partial charge on any atom is 0.460 e. The number of hydrogen-bond donors (Lipinski definition) is 0. The molecule has 0 N–H and O–H groups in total. The lowest BCUT2D eigenvalue weighted by Crippen LogP contribution is -2.74. The Morgan fingerprint density at radius 3 is 1.45 bits per heavy atom. The Labute approximate surface area is 200 Å². The lowest BCUT2D eigenvalue weighted by molar-refractivity contribution is -0.462. The normalized spacial score (nSPS) is 16.0. The van der Waals surface area contributed by atoms with Crippen LogP contribution in [0.5, 0.6) is 0 Å². The molecule has 0 bridgehead atoms. The topological polar surface area (TPSA) is 26.3 Å². The lowest BCUT2D eigenvalue weighted by Gasteiger charge is -2.43. The number of benzene rings is 1. The van der Waals surface area contributed by atoms with Crippen LogP contribution in [0.4, 0.5) is 74.6 Å². The molecular weight excluding hydrogens is 583 g/mol. The van der Waals surface area contributed by atoms with Crippen molar-refractivity contribution in [2.75, 3.05) is 7.11 Å². The molecule has 0 spiro atoms. The summed E-state index contributed by atoms with van der Waals surface area (Å²) in [5.41, 5.74) is -0.962. The maximum absolute atomic E-state index is 14.2. The van der Waals surface area contributed by atoms with Gasteiger partial charge >= 0.3 is 47.6 Å². The largest absolute Gasteiger partial charge is 0.460 e. The minimum Gasteiger partial charge on any atom is -0.377 e. The van der Waals surface area contributed by atoms with Gasteiger partial charge in [0.05, 0.1) is 6.10 Å². The summed E-state index contributed by atoms with van der Waals surface area (Å²) in [6, 6.07) is 3.43. The second-order valence-corrected chi connectivity index (χ2v) is 7.76. The molecule has 0 aliphatic heterocycles. The van der Waals surface area contributed by atoms with Crippen molar-refractivity contribution in [2.24, 2.45) is 0 Å². The smallest absolute Gasteiger partial charge is 0.377 e. The highest BCUT2D eigenvalue weighted by atomic mass is 19.4. The van der Waals surface area contributed by atoms with E-state index in [1.807, 2.05) is 0 Å². The van der Waals surface area contributed by atoms with Gasteiger partial charge in [-0.1, -0.05) is 18.2 Å². The van der Waals surface area contributed by atoms with Gasteiger partial charge < -0.3 is 4.74 Å². The quantitative estimate of drug-likeness (QED) is 0.191. The number of ketones is 1. The molecule has 0 fully saturated rings. The third-order valence-electron chi connectivity index (χ3n) is 5.18. The fourth-order valence-corrected chi connectivity index (χ4v) is 2.85. The average molecular weight is 596 g/mol. The Hall–Kier alpha value is -2.34. The molecule has 1 atom stereocenters. The minimum atomic E-state index is -8.68. The second-order valence-electron chi connectivity index (χ2n) is 7.76. The summed E-state index contributed by atoms with van der Waals surface area (Å²) in [7, 11) is 0.472. The van der Waals surface area contributed by atoms with E-state index in [1.54, 1.807) is 0 Å². The molecule has 0 radical (unpaired) electrons. The van der Waals surface area contributed by atoms with Gasteiger partial charge in [0.15, 0.2) is 5.78 Å². The van der Waals surface area contributed by atoms with Gasteiger partial charge in [-0.05, 0) is 18.6 Å². The van der Waals surface area contributed by atoms with Crippen LogP contribution in [0.2, 0.25) is 0 Å². The van der Waals surface area contributed by atoms with Crippen molar-refractivity contribution in [3.63, 3.8) is 0 Å². The van der Waals surface area contributed by atoms with Crippen molar-refractivity contribution in [3.8, 4) is 0 Å². The molecule has 0 amide bonds. The van der Waals surface area contributed by atoms with E-state index in [4.69, 9.17) is 0 Å². The Bertz CT molecular complexity index is 1010. The van der Waals surface area contributed by atoms with Crippen LogP contribution in [0, 0.1) is 0 Å². The van der Waals surface area contributed by atoms with Gasteiger partial charge in [-0.3, -0.25) is 4.79 Å². The number of alkyl halides is 17. The van der Waals surface area contributed by atoms with Gasteiger partial charge in [-0.15, -0.1) is 0 Å². The highest BCUT2D eigenvalue weighted by molar-refractivity contribution is 5.94. The molecule has 0 aliphatic carbocycles. The number of hydrogen-bond acceptors (Lipinski definition) is 2. The summed E-state index contributed by atoms with van der Waals surface area (Å²) in [5, 5.41) is 0. The Balaban J connectivity index is 3.60. The summed E-state index contributed by atoms with van der Waals surface area (Å²) in [6.45, 7) is 0.921. The van der Waals surface area contributed by atoms with Crippen LogP contribution in [-0.4, -0.2) is 60.5 Å². The zero-order chi connectivity index (χ0) is 30.6. The van der Waals surface area contributed by atoms with E-state index in [1.165, 1.54) is 0 Å². The van der Waals surface area contributed by atoms with Crippen molar-refractivity contribution < 1.29 is 84.2 Å². The van der Waals surface area contributed by atoms with Crippen molar-refractivity contribution in [2.45, 2.75) is 67.1 Å². The Kier molecular flexibility index (Phi) is 8.59. The molecule has 1 aromatic rings. The maximum atomic E-state index is 14.2. The number of Topliss-reactive ketones (excluding diaryl/α,β-unsaturated/α-hetero) is 1. The van der Waals surface area contributed by atoms with Gasteiger partial charge in [0.25, 0.3) is 0 Å². The van der Waals surface area contributed by atoms with E-state index >= 15 is 0 Å². The van der Waals surface area contributed by atoms with Crippen molar-refractivity contribution in [3.05, 3.63) is 35.4 Å². The van der Waals surface area contributed by atoms with Crippen molar-refractivity contribution >= 4 is 5.78 Å². The first-order valence-electron chi connectivity index (χ1n) is 9.43. The SMILES string of the molecule is COC(CC(F)(F)C(F)(F)C(F)(F)C(F)(F)C(F)(F)C(F)(F)C(F)(F)C(F)(F)F)c1cccc(C(C)=O)c1. The number of methoxy groups -OCH3 is 1. The fraction of sp³-hybridized carbons (Fsp3) is 0.632. The Morgan fingerprint density at radius 1 is 0.684 bits per heavy atom. The molecule has 2 nitrogen and oxygen atoms in total. The standard InChI is InChI=1S/C19H13F17O2/c1-8(37)9-4-3-5-10(6-9)11(38-2)7-12(20,21)13(22,23)14(24,25)15(26,27)16(28,29)17(30,31)18(32,33)19(34,35)36/h3-6,11H,7H2,1-2H3. The first-order chi connectivity index (χ1) is 16.6. The zero-order valence-corrected chi connectivity index (χ0v) is 18.3. The summed E-state index contributed by atoms with van der Waals surface area (Å²) in [5.74, 6) is -57.6. The lowest BCUT2D eigenvalue weighted by atomic mass is 9.87. The number of carbonyl (C=O) groups is 1. The summed E-state index contributed by atoms with van der Waals surface area (Å²) >= 11 is 0. The van der Waals surface area contributed by atoms with Crippen LogP contribution in [0.3, 0.4) is 0 Å². The molecule has 0 heterocycles. The fourth-order valence-electron chi connectivity index (χ4n) is 2.85. The van der Waals surface area contributed by atoms with E-state index < -0.39 is 71.5 Å². The summed E-state index contributed by atoms with van der Waals surface area (Å²) < 4.78 is 232. The molecule has 0 saturated carbocycles. The number of halogens is 17. The van der Waals surface area contributed by atoms with Crippen LogP contribution in [-0.2, 0) is 4.74 Å². The average Bonchev–Trinajstić information content (AvgIpc) is 2.75. The van der Waals surface area contributed by atoms with Crippen molar-refractivity contribution in [1.82, 2.24) is 0 Å². The predicted octanol–water partition coefficient (Wildman–Crippen LogP) is 7.98. The van der Waals surface area contributed by atoms with Crippen LogP contribution in [0.15, 0.2) is 24.3 Å². The van der Waals surface area contributed by atoms with E-state index in [2.05, 4.69) is 4.74 Å². The predicted molar refractivity (Wildman–Crippen MR) is 91.5 cm³/mol. The third kappa shape index (κ3) is 4.89. The molecular formula is C19H13F17O2. The molecule has 0 aliphatic rings. The minimum absolute atomic E-state index is 0.302. The monoisotopic (exact) mass is 596 g/mol. The van der Waals surface area contributed by atoms with Crippen molar-refractivity contribution in [1.29, 1.82) is 0 Å². The highest BCUT2D eigenvalue weighted by Crippen LogP contribution is 2.64. The molecule has 0 saturated heterocycles. The molecule has 38 heavy (non-hydrogen) atoms. The number of rotatable bonds is 11. The molecule has 220 valence electrons. The van der Waals surface area contributed by atoms with Crippen LogP contribution in [0.25, 0.3) is 0 Å². The van der Waals surface area contributed by atoms with E-state index in [0.29, 0.717) is 13.2 Å². The number of carbonyl (C=O) groups excluding carboxylic acids is 1. The van der Waals surface area contributed by atoms with E-state index in [-0.39, 0.29) is 5.56 Å². The summed E-state index contributed by atoms with van der Waals surface area (Å²) in [4.78, 5) is 11.4. The van der Waals surface area contributed by atoms with Gasteiger partial charge in [0.1, 0.15) is 0 Å². The molecule has 1 unspecified atom stereocenters. The molecule has 19 heteroatoms. The first kappa shape index (κ1) is 33.7. The molecule has 1 rings (SSSR count). The van der Waals surface area contributed by atoms with Gasteiger partial charge in [-0.25, -0.2) is 0 Å². The zero-order valence-electron chi connectivity index (χ0n) is 18.3. The van der Waals surface area contributed by atoms with Gasteiger partial charge in [0, 0.05) is 19.1 Å². The number of ether oxygens (including phenoxy) is 1. The van der Waals surface area contributed by atoms with Gasteiger partial charge in [0.2, 0.25) is 0 Å². The molecule has 0 aromatic heterocycles. The van der Waals surface area contributed by atoms with Gasteiger partial charge in [-0.2, -0.15) is 74.6 Å². The van der Waals surface area contributed by atoms with Crippen LogP contribution < -0.4 is 0 Å². The van der Waals surface area contributed by atoms with E-state index in [9.17, 15) is 79.4 Å². The highest BCUT2D eigenvalue weighted by Gasteiger charge is 2.95. The molecule has 1 aromatic carbocycles. The third-order valence-corrected chi connectivity index (χ3v) is 5.18. The van der Waals surface area contributed by atoms with Crippen LogP contribution >= 0.6 is 0 Å². The van der Waals surface area contributed by atoms with Crippen LogP contribution in [0.1, 0.15) is 35.4 Å². The second kappa shape index (κ2) is 9.69.